The van der Waals surface area contributed by atoms with Crippen LogP contribution < -0.4 is 4.90 Å². The van der Waals surface area contributed by atoms with Gasteiger partial charge in [0.15, 0.2) is 0 Å². The molecule has 1 aromatic carbocycles. The summed E-state index contributed by atoms with van der Waals surface area (Å²) < 4.78 is 27.9. The largest absolute Gasteiger partial charge is 0.356 e. The molecule has 6 heteroatoms. The molecule has 4 rings (SSSR count). The molecular weight excluding hydrogens is 358 g/mol. The second kappa shape index (κ2) is 7.24. The normalized spacial score (nSPS) is 23.8. The summed E-state index contributed by atoms with van der Waals surface area (Å²) in [4.78, 5) is 7.21. The molecule has 0 aliphatic carbocycles. The lowest BCUT2D eigenvalue weighted by molar-refractivity contribution is 0.247. The fourth-order valence-electron chi connectivity index (χ4n) is 4.42. The summed E-state index contributed by atoms with van der Waals surface area (Å²) in [6.07, 6.45) is 5.81. The lowest BCUT2D eigenvalue weighted by Crippen LogP contribution is -2.45. The number of hydrogen-bond donors (Lipinski definition) is 0. The van der Waals surface area contributed by atoms with Crippen LogP contribution in [-0.2, 0) is 16.4 Å². The third kappa shape index (κ3) is 3.60. The van der Waals surface area contributed by atoms with E-state index in [0.717, 1.165) is 50.2 Å². The van der Waals surface area contributed by atoms with E-state index in [9.17, 15) is 8.42 Å². The molecule has 2 aliphatic heterocycles. The van der Waals surface area contributed by atoms with Crippen molar-refractivity contribution in [2.75, 3.05) is 31.1 Å². The van der Waals surface area contributed by atoms with E-state index in [-0.39, 0.29) is 5.41 Å². The molecule has 27 heavy (non-hydrogen) atoms. The second-order valence-corrected chi connectivity index (χ2v) is 9.74. The summed E-state index contributed by atoms with van der Waals surface area (Å²) >= 11 is 0. The van der Waals surface area contributed by atoms with Gasteiger partial charge >= 0.3 is 0 Å². The average Bonchev–Trinajstić information content (AvgIpc) is 3.12. The van der Waals surface area contributed by atoms with E-state index in [4.69, 9.17) is 0 Å². The number of pyridine rings is 1. The number of benzene rings is 1. The van der Waals surface area contributed by atoms with Crippen LogP contribution in [-0.4, -0.2) is 43.9 Å². The first kappa shape index (κ1) is 18.4. The molecule has 2 saturated heterocycles. The molecule has 1 aromatic heterocycles. The minimum absolute atomic E-state index is 0.0339. The van der Waals surface area contributed by atoms with E-state index < -0.39 is 10.0 Å². The number of sulfonamides is 1. The maximum Gasteiger partial charge on any atom is 0.243 e. The summed E-state index contributed by atoms with van der Waals surface area (Å²) in [7, 11) is -3.42. The van der Waals surface area contributed by atoms with E-state index >= 15 is 0 Å². The van der Waals surface area contributed by atoms with Crippen LogP contribution in [0.25, 0.3) is 0 Å². The first-order valence-electron chi connectivity index (χ1n) is 9.78. The predicted octanol–water partition coefficient (Wildman–Crippen LogP) is 3.33. The Hall–Kier alpha value is -1.92. The topological polar surface area (TPSA) is 53.5 Å². The minimum atomic E-state index is -3.42. The number of aromatic nitrogens is 1. The summed E-state index contributed by atoms with van der Waals surface area (Å²) in [5.41, 5.74) is 1.19. The Bertz CT molecular complexity index is 883. The zero-order valence-corrected chi connectivity index (χ0v) is 16.7. The second-order valence-electron chi connectivity index (χ2n) is 7.80. The maximum absolute atomic E-state index is 13.1. The highest BCUT2D eigenvalue weighted by molar-refractivity contribution is 7.89. The van der Waals surface area contributed by atoms with Crippen molar-refractivity contribution in [2.24, 2.45) is 5.41 Å². The van der Waals surface area contributed by atoms with Crippen molar-refractivity contribution in [2.45, 2.75) is 37.5 Å². The van der Waals surface area contributed by atoms with Gasteiger partial charge in [-0.1, -0.05) is 25.1 Å². The van der Waals surface area contributed by atoms with Gasteiger partial charge in [-0.2, -0.15) is 4.31 Å². The van der Waals surface area contributed by atoms with E-state index in [1.54, 1.807) is 16.4 Å². The Morgan fingerprint density at radius 1 is 1.04 bits per heavy atom. The molecule has 1 atom stereocenters. The van der Waals surface area contributed by atoms with Crippen molar-refractivity contribution in [1.82, 2.24) is 9.29 Å². The zero-order chi connectivity index (χ0) is 18.9. The zero-order valence-electron chi connectivity index (χ0n) is 15.8. The van der Waals surface area contributed by atoms with Crippen LogP contribution in [0.1, 0.15) is 31.7 Å². The van der Waals surface area contributed by atoms with Crippen molar-refractivity contribution in [3.63, 3.8) is 0 Å². The van der Waals surface area contributed by atoms with Gasteiger partial charge in [0.05, 0.1) is 4.90 Å². The van der Waals surface area contributed by atoms with Gasteiger partial charge in [-0.25, -0.2) is 13.4 Å². The van der Waals surface area contributed by atoms with Crippen molar-refractivity contribution < 1.29 is 8.42 Å². The van der Waals surface area contributed by atoms with Crippen LogP contribution in [0.2, 0.25) is 0 Å². The van der Waals surface area contributed by atoms with Crippen LogP contribution in [0.4, 0.5) is 5.82 Å². The number of nitrogens with zero attached hydrogens (tertiary/aromatic N) is 3. The van der Waals surface area contributed by atoms with Crippen LogP contribution in [0.5, 0.6) is 0 Å². The Morgan fingerprint density at radius 3 is 2.56 bits per heavy atom. The molecule has 0 bridgehead atoms. The summed E-state index contributed by atoms with van der Waals surface area (Å²) in [5.74, 6) is 0.994. The maximum atomic E-state index is 13.1. The summed E-state index contributed by atoms with van der Waals surface area (Å²) in [6.45, 7) is 5.15. The fraction of sp³-hybridized carbons (Fsp3) is 0.476. The van der Waals surface area contributed by atoms with Gasteiger partial charge in [0.1, 0.15) is 5.82 Å². The van der Waals surface area contributed by atoms with Gasteiger partial charge in [0, 0.05) is 37.8 Å². The van der Waals surface area contributed by atoms with Gasteiger partial charge in [-0.15, -0.1) is 0 Å². The molecule has 2 fully saturated rings. The predicted molar refractivity (Wildman–Crippen MR) is 107 cm³/mol. The van der Waals surface area contributed by atoms with Crippen molar-refractivity contribution in [3.05, 3.63) is 54.2 Å². The number of anilines is 1. The SMILES string of the molecule is CCc1ccc(S(=O)(=O)N2CC[C@@]3(CCCN(c4ccccn4)C3)C2)cc1. The van der Waals surface area contributed by atoms with E-state index in [1.807, 2.05) is 36.5 Å². The van der Waals surface area contributed by atoms with Gasteiger partial charge in [0.25, 0.3) is 0 Å². The van der Waals surface area contributed by atoms with Gasteiger partial charge < -0.3 is 4.90 Å². The molecule has 0 radical (unpaired) electrons. The monoisotopic (exact) mass is 385 g/mol. The first-order chi connectivity index (χ1) is 13.0. The molecule has 0 N–H and O–H groups in total. The van der Waals surface area contributed by atoms with Gasteiger partial charge in [-0.3, -0.25) is 0 Å². The lowest BCUT2D eigenvalue weighted by atomic mass is 9.79. The molecule has 5 nitrogen and oxygen atoms in total. The quantitative estimate of drug-likeness (QED) is 0.810. The van der Waals surface area contributed by atoms with Crippen molar-refractivity contribution in [1.29, 1.82) is 0 Å². The summed E-state index contributed by atoms with van der Waals surface area (Å²) in [6, 6.07) is 13.3. The molecule has 0 unspecified atom stereocenters. The van der Waals surface area contributed by atoms with Crippen LogP contribution >= 0.6 is 0 Å². The van der Waals surface area contributed by atoms with Crippen molar-refractivity contribution >= 4 is 15.8 Å². The van der Waals surface area contributed by atoms with Crippen LogP contribution in [0.3, 0.4) is 0 Å². The molecule has 1 spiro atoms. The lowest BCUT2D eigenvalue weighted by Gasteiger charge is -2.41. The van der Waals surface area contributed by atoms with E-state index in [0.29, 0.717) is 18.0 Å². The number of rotatable bonds is 4. The number of piperidine rings is 1. The van der Waals surface area contributed by atoms with Gasteiger partial charge in [0.2, 0.25) is 10.0 Å². The van der Waals surface area contributed by atoms with Crippen molar-refractivity contribution in [3.8, 4) is 0 Å². The molecule has 0 amide bonds. The highest BCUT2D eigenvalue weighted by Crippen LogP contribution is 2.41. The van der Waals surface area contributed by atoms with Gasteiger partial charge in [-0.05, 0) is 55.5 Å². The summed E-state index contributed by atoms with van der Waals surface area (Å²) in [5, 5.41) is 0. The Kier molecular flexibility index (Phi) is 4.95. The smallest absolute Gasteiger partial charge is 0.243 e. The highest BCUT2D eigenvalue weighted by atomic mass is 32.2. The standard InChI is InChI=1S/C21H27N3O2S/c1-2-18-7-9-19(10-8-18)27(25,26)24-15-12-21(17-24)11-5-14-23(16-21)20-6-3-4-13-22-20/h3-4,6-10,13H,2,5,11-12,14-17H2,1H3/t21-/m1/s1. The molecule has 144 valence electrons. The third-order valence-corrected chi connectivity index (χ3v) is 7.87. The third-order valence-electron chi connectivity index (χ3n) is 6.01. The Morgan fingerprint density at radius 2 is 1.85 bits per heavy atom. The molecular formula is C21H27N3O2S. The molecule has 2 aromatic rings. The molecule has 3 heterocycles. The van der Waals surface area contributed by atoms with E-state index in [1.165, 1.54) is 0 Å². The average molecular weight is 386 g/mol. The molecule has 2 aliphatic rings. The fourth-order valence-corrected chi connectivity index (χ4v) is 5.98. The Balaban J connectivity index is 1.51. The van der Waals surface area contributed by atoms with Crippen LogP contribution in [0, 0.1) is 5.41 Å². The van der Waals surface area contributed by atoms with E-state index in [2.05, 4.69) is 16.8 Å². The number of hydrogen-bond acceptors (Lipinski definition) is 4. The minimum Gasteiger partial charge on any atom is -0.356 e. The first-order valence-corrected chi connectivity index (χ1v) is 11.2. The van der Waals surface area contributed by atoms with Crippen LogP contribution in [0.15, 0.2) is 53.6 Å². The Labute approximate surface area is 162 Å². The molecule has 0 saturated carbocycles. The highest BCUT2D eigenvalue weighted by Gasteiger charge is 2.45. The number of aryl methyl sites for hydroxylation is 1.